The van der Waals surface area contributed by atoms with Crippen LogP contribution in [0.4, 0.5) is 5.82 Å². The van der Waals surface area contributed by atoms with Crippen LogP contribution in [0, 0.1) is 0 Å². The number of hydrogen-bond donors (Lipinski definition) is 1. The molecule has 1 unspecified atom stereocenters. The Morgan fingerprint density at radius 1 is 1.55 bits per heavy atom. The van der Waals surface area contributed by atoms with E-state index in [1.54, 1.807) is 18.0 Å². The van der Waals surface area contributed by atoms with Gasteiger partial charge in [0.15, 0.2) is 5.65 Å². The van der Waals surface area contributed by atoms with E-state index >= 15 is 0 Å². The maximum Gasteiger partial charge on any atom is 0.327 e. The molecule has 0 bridgehead atoms. The highest BCUT2D eigenvalue weighted by atomic mass is 32.2. The summed E-state index contributed by atoms with van der Waals surface area (Å²) in [4.78, 5) is 19.7. The second kappa shape index (κ2) is 6.56. The third-order valence-electron chi connectivity index (χ3n) is 2.74. The number of anilines is 1. The standard InChI is InChI=1S/C12H17N5O2S/c1-8(6-20-3)16-11-9-4-15-17(5-10(18)19-2)12(9)14-7-13-11/h4,7-8H,5-6H2,1-3H3,(H,13,14,16). The first-order valence-corrected chi connectivity index (χ1v) is 7.54. The first-order chi connectivity index (χ1) is 9.65. The number of fused-ring (bicyclic) bond motifs is 1. The summed E-state index contributed by atoms with van der Waals surface area (Å²) in [7, 11) is 1.35. The van der Waals surface area contributed by atoms with Gasteiger partial charge >= 0.3 is 5.97 Å². The molecule has 8 heteroatoms. The normalized spacial score (nSPS) is 12.3. The van der Waals surface area contributed by atoms with Crippen LogP contribution in [-0.4, -0.2) is 50.9 Å². The number of ether oxygens (including phenoxy) is 1. The van der Waals surface area contributed by atoms with Gasteiger partial charge in [-0.25, -0.2) is 14.6 Å². The topological polar surface area (TPSA) is 81.9 Å². The van der Waals surface area contributed by atoms with E-state index in [4.69, 9.17) is 0 Å². The largest absolute Gasteiger partial charge is 0.468 e. The summed E-state index contributed by atoms with van der Waals surface area (Å²) in [6, 6.07) is 0.284. The summed E-state index contributed by atoms with van der Waals surface area (Å²) in [6.45, 7) is 2.13. The Bertz CT molecular complexity index is 601. The third kappa shape index (κ3) is 3.19. The summed E-state index contributed by atoms with van der Waals surface area (Å²) < 4.78 is 6.14. The molecule has 0 fully saturated rings. The van der Waals surface area contributed by atoms with Crippen LogP contribution in [0.1, 0.15) is 6.92 Å². The fourth-order valence-electron chi connectivity index (χ4n) is 1.84. The lowest BCUT2D eigenvalue weighted by Crippen LogP contribution is -2.19. The van der Waals surface area contributed by atoms with Gasteiger partial charge in [0.05, 0.1) is 18.7 Å². The molecule has 1 atom stereocenters. The van der Waals surface area contributed by atoms with Crippen LogP contribution in [0.5, 0.6) is 0 Å². The molecular formula is C12H17N5O2S. The van der Waals surface area contributed by atoms with Crippen molar-refractivity contribution >= 4 is 34.6 Å². The van der Waals surface area contributed by atoms with Crippen molar-refractivity contribution < 1.29 is 9.53 Å². The third-order valence-corrected chi connectivity index (χ3v) is 3.57. The van der Waals surface area contributed by atoms with Crippen molar-refractivity contribution in [2.45, 2.75) is 19.5 Å². The first kappa shape index (κ1) is 14.6. The lowest BCUT2D eigenvalue weighted by Gasteiger charge is -2.13. The van der Waals surface area contributed by atoms with Crippen molar-refractivity contribution in [1.29, 1.82) is 0 Å². The fourth-order valence-corrected chi connectivity index (χ4v) is 2.42. The summed E-state index contributed by atoms with van der Waals surface area (Å²) in [5, 5.41) is 8.29. The van der Waals surface area contributed by atoms with Crippen LogP contribution in [0.15, 0.2) is 12.5 Å². The van der Waals surface area contributed by atoms with E-state index in [1.165, 1.54) is 18.1 Å². The predicted molar refractivity (Wildman–Crippen MR) is 78.8 cm³/mol. The SMILES string of the molecule is COC(=O)Cn1ncc2c(NC(C)CSC)ncnc21. The average molecular weight is 295 g/mol. The molecule has 0 amide bonds. The Labute approximate surface area is 121 Å². The molecule has 0 aliphatic carbocycles. The number of hydrogen-bond acceptors (Lipinski definition) is 7. The summed E-state index contributed by atoms with van der Waals surface area (Å²) in [6.07, 6.45) is 5.18. The number of nitrogens with one attached hydrogen (secondary N) is 1. The van der Waals surface area contributed by atoms with Crippen LogP contribution in [0.3, 0.4) is 0 Å². The molecule has 0 saturated carbocycles. The number of esters is 1. The zero-order valence-corrected chi connectivity index (χ0v) is 12.5. The van der Waals surface area contributed by atoms with Crippen molar-refractivity contribution in [3.05, 3.63) is 12.5 Å². The van der Waals surface area contributed by atoms with E-state index in [0.29, 0.717) is 5.65 Å². The molecule has 2 aromatic rings. The maximum absolute atomic E-state index is 11.3. The molecule has 0 radical (unpaired) electrons. The zero-order valence-electron chi connectivity index (χ0n) is 11.7. The van der Waals surface area contributed by atoms with Gasteiger partial charge in [0, 0.05) is 11.8 Å². The predicted octanol–water partition coefficient (Wildman–Crippen LogP) is 1.16. The lowest BCUT2D eigenvalue weighted by atomic mass is 10.3. The molecular weight excluding hydrogens is 278 g/mol. The molecule has 2 heterocycles. The molecule has 108 valence electrons. The van der Waals surface area contributed by atoms with Crippen LogP contribution < -0.4 is 5.32 Å². The summed E-state index contributed by atoms with van der Waals surface area (Å²) in [5.74, 6) is 1.34. The van der Waals surface area contributed by atoms with E-state index in [-0.39, 0.29) is 18.6 Å². The van der Waals surface area contributed by atoms with Gasteiger partial charge < -0.3 is 10.1 Å². The summed E-state index contributed by atoms with van der Waals surface area (Å²) in [5.41, 5.74) is 0.615. The molecule has 1 N–H and O–H groups in total. The minimum absolute atomic E-state index is 0.0385. The lowest BCUT2D eigenvalue weighted by molar-refractivity contribution is -0.141. The second-order valence-corrected chi connectivity index (χ2v) is 5.25. The highest BCUT2D eigenvalue weighted by Gasteiger charge is 2.13. The van der Waals surface area contributed by atoms with Gasteiger partial charge in [-0.2, -0.15) is 16.9 Å². The molecule has 0 saturated heterocycles. The van der Waals surface area contributed by atoms with Gasteiger partial charge in [0.25, 0.3) is 0 Å². The van der Waals surface area contributed by atoms with Crippen LogP contribution in [0.25, 0.3) is 11.0 Å². The molecule has 0 spiro atoms. The second-order valence-electron chi connectivity index (χ2n) is 4.34. The quantitative estimate of drug-likeness (QED) is 0.801. The van der Waals surface area contributed by atoms with E-state index in [2.05, 4.69) is 38.3 Å². The van der Waals surface area contributed by atoms with E-state index in [1.807, 2.05) is 0 Å². The number of carbonyl (C=O) groups excluding carboxylic acids is 1. The molecule has 20 heavy (non-hydrogen) atoms. The minimum Gasteiger partial charge on any atom is -0.468 e. The number of rotatable bonds is 6. The molecule has 0 aliphatic rings. The van der Waals surface area contributed by atoms with Crippen LogP contribution in [-0.2, 0) is 16.1 Å². The minimum atomic E-state index is -0.362. The van der Waals surface area contributed by atoms with Gasteiger partial charge in [0.1, 0.15) is 18.7 Å². The Morgan fingerprint density at radius 2 is 2.35 bits per heavy atom. The number of aromatic nitrogens is 4. The van der Waals surface area contributed by atoms with E-state index in [0.717, 1.165) is 17.0 Å². The van der Waals surface area contributed by atoms with Crippen molar-refractivity contribution in [1.82, 2.24) is 19.7 Å². The Hall–Kier alpha value is -1.83. The van der Waals surface area contributed by atoms with Gasteiger partial charge in [-0.05, 0) is 13.2 Å². The number of thioether (sulfide) groups is 1. The van der Waals surface area contributed by atoms with Crippen LogP contribution in [0.2, 0.25) is 0 Å². The van der Waals surface area contributed by atoms with Gasteiger partial charge in [-0.1, -0.05) is 0 Å². The zero-order chi connectivity index (χ0) is 14.5. The molecule has 7 nitrogen and oxygen atoms in total. The molecule has 2 aromatic heterocycles. The number of nitrogens with zero attached hydrogens (tertiary/aromatic N) is 4. The first-order valence-electron chi connectivity index (χ1n) is 6.14. The van der Waals surface area contributed by atoms with Crippen molar-refractivity contribution in [3.8, 4) is 0 Å². The van der Waals surface area contributed by atoms with Crippen molar-refractivity contribution in [3.63, 3.8) is 0 Å². The average Bonchev–Trinajstić information content (AvgIpc) is 2.83. The molecule has 2 rings (SSSR count). The number of carbonyl (C=O) groups is 1. The maximum atomic E-state index is 11.3. The van der Waals surface area contributed by atoms with Gasteiger partial charge in [-0.15, -0.1) is 0 Å². The van der Waals surface area contributed by atoms with E-state index < -0.39 is 0 Å². The molecule has 0 aliphatic heterocycles. The Kier molecular flexibility index (Phi) is 4.78. The van der Waals surface area contributed by atoms with Gasteiger partial charge in [0.2, 0.25) is 0 Å². The Morgan fingerprint density at radius 3 is 3.05 bits per heavy atom. The Balaban J connectivity index is 2.27. The highest BCUT2D eigenvalue weighted by Crippen LogP contribution is 2.19. The number of methoxy groups -OCH3 is 1. The highest BCUT2D eigenvalue weighted by molar-refractivity contribution is 7.98. The summed E-state index contributed by atoms with van der Waals surface area (Å²) >= 11 is 1.76. The molecule has 0 aromatic carbocycles. The smallest absolute Gasteiger partial charge is 0.327 e. The van der Waals surface area contributed by atoms with Crippen LogP contribution >= 0.6 is 11.8 Å². The van der Waals surface area contributed by atoms with E-state index in [9.17, 15) is 4.79 Å². The van der Waals surface area contributed by atoms with Gasteiger partial charge in [-0.3, -0.25) is 4.79 Å². The monoisotopic (exact) mass is 295 g/mol. The fraction of sp³-hybridized carbons (Fsp3) is 0.500. The van der Waals surface area contributed by atoms with Crippen molar-refractivity contribution in [2.24, 2.45) is 0 Å². The van der Waals surface area contributed by atoms with Crippen molar-refractivity contribution in [2.75, 3.05) is 24.4 Å².